The lowest BCUT2D eigenvalue weighted by atomic mass is 9.91. The summed E-state index contributed by atoms with van der Waals surface area (Å²) in [6, 6.07) is 2.14. The number of aliphatic carboxylic acids is 1. The van der Waals surface area contributed by atoms with Crippen molar-refractivity contribution >= 4 is 23.9 Å². The van der Waals surface area contributed by atoms with Gasteiger partial charge in [0.1, 0.15) is 5.92 Å². The first-order valence-corrected chi connectivity index (χ1v) is 6.72. The van der Waals surface area contributed by atoms with Gasteiger partial charge in [-0.3, -0.25) is 4.79 Å². The van der Waals surface area contributed by atoms with Crippen LogP contribution in [0.15, 0.2) is 52.0 Å². The SMILES string of the molecule is CC=C1C=C(C(=O)O)C=CC1C(=O)OC(=O)c1ccc(C(=O)O)o1. The first-order chi connectivity index (χ1) is 11.3. The van der Waals surface area contributed by atoms with E-state index in [9.17, 15) is 19.2 Å². The average Bonchev–Trinajstić information content (AvgIpc) is 3.04. The Kier molecular flexibility index (Phi) is 4.78. The summed E-state index contributed by atoms with van der Waals surface area (Å²) >= 11 is 0. The second-order valence-electron chi connectivity index (χ2n) is 4.71. The quantitative estimate of drug-likeness (QED) is 0.630. The molecule has 0 aliphatic heterocycles. The van der Waals surface area contributed by atoms with Gasteiger partial charge in [-0.2, -0.15) is 0 Å². The maximum Gasteiger partial charge on any atom is 0.381 e. The minimum atomic E-state index is -1.36. The highest BCUT2D eigenvalue weighted by molar-refractivity contribution is 5.99. The molecule has 1 aliphatic carbocycles. The molecule has 124 valence electrons. The van der Waals surface area contributed by atoms with Gasteiger partial charge in [-0.15, -0.1) is 0 Å². The number of aromatic carboxylic acids is 1. The van der Waals surface area contributed by atoms with Crippen molar-refractivity contribution in [3.8, 4) is 0 Å². The molecule has 0 amide bonds. The predicted octanol–water partition coefficient (Wildman–Crippen LogP) is 1.80. The van der Waals surface area contributed by atoms with Crippen molar-refractivity contribution in [2.24, 2.45) is 5.92 Å². The van der Waals surface area contributed by atoms with Crippen molar-refractivity contribution in [1.82, 2.24) is 0 Å². The van der Waals surface area contributed by atoms with E-state index in [2.05, 4.69) is 4.74 Å². The van der Waals surface area contributed by atoms with Crippen LogP contribution in [-0.4, -0.2) is 34.1 Å². The molecule has 2 N–H and O–H groups in total. The number of allylic oxidation sites excluding steroid dienone is 2. The summed E-state index contributed by atoms with van der Waals surface area (Å²) in [6.45, 7) is 1.61. The Balaban J connectivity index is 2.12. The van der Waals surface area contributed by atoms with Crippen molar-refractivity contribution in [2.75, 3.05) is 0 Å². The van der Waals surface area contributed by atoms with Gasteiger partial charge in [0.15, 0.2) is 0 Å². The Hall–Kier alpha value is -3.42. The highest BCUT2D eigenvalue weighted by Gasteiger charge is 2.28. The van der Waals surface area contributed by atoms with Crippen molar-refractivity contribution in [3.05, 3.63) is 59.1 Å². The number of carbonyl (C=O) groups is 4. The van der Waals surface area contributed by atoms with Crippen LogP contribution in [0.25, 0.3) is 0 Å². The highest BCUT2D eigenvalue weighted by atomic mass is 16.6. The first kappa shape index (κ1) is 16.9. The molecule has 0 bridgehead atoms. The van der Waals surface area contributed by atoms with E-state index in [1.54, 1.807) is 6.92 Å². The van der Waals surface area contributed by atoms with Crippen LogP contribution in [0.5, 0.6) is 0 Å². The number of carboxylic acid groups (broad SMARTS) is 2. The molecule has 8 heteroatoms. The monoisotopic (exact) mass is 332 g/mol. The number of esters is 2. The standard InChI is InChI=1S/C16H12O8/c1-2-8-7-9(13(17)18)3-4-10(8)15(21)24-16(22)12-6-5-11(23-12)14(19)20/h2-7,10H,1H3,(H,17,18)(H,19,20). The number of rotatable bonds is 4. The third-order valence-corrected chi connectivity index (χ3v) is 3.19. The normalized spacial score (nSPS) is 18.1. The molecular weight excluding hydrogens is 320 g/mol. The van der Waals surface area contributed by atoms with E-state index in [-0.39, 0.29) is 5.57 Å². The van der Waals surface area contributed by atoms with Gasteiger partial charge < -0.3 is 19.4 Å². The van der Waals surface area contributed by atoms with E-state index < -0.39 is 41.3 Å². The summed E-state index contributed by atoms with van der Waals surface area (Å²) in [6.07, 6.45) is 5.37. The van der Waals surface area contributed by atoms with Crippen LogP contribution in [0.3, 0.4) is 0 Å². The first-order valence-electron chi connectivity index (χ1n) is 6.72. The van der Waals surface area contributed by atoms with E-state index in [0.29, 0.717) is 5.57 Å². The molecule has 1 heterocycles. The summed E-state index contributed by atoms with van der Waals surface area (Å²) in [5.41, 5.74) is 0.356. The van der Waals surface area contributed by atoms with Crippen molar-refractivity contribution in [3.63, 3.8) is 0 Å². The van der Waals surface area contributed by atoms with Crippen LogP contribution in [-0.2, 0) is 14.3 Å². The molecule has 1 aliphatic rings. The zero-order chi connectivity index (χ0) is 17.9. The number of carboxylic acids is 2. The fraction of sp³-hybridized carbons (Fsp3) is 0.125. The number of hydrogen-bond acceptors (Lipinski definition) is 6. The smallest absolute Gasteiger partial charge is 0.381 e. The molecule has 1 aromatic heterocycles. The second-order valence-corrected chi connectivity index (χ2v) is 4.71. The van der Waals surface area contributed by atoms with Crippen LogP contribution in [0.1, 0.15) is 28.0 Å². The van der Waals surface area contributed by atoms with Gasteiger partial charge in [0.2, 0.25) is 11.5 Å². The largest absolute Gasteiger partial charge is 0.478 e. The maximum atomic E-state index is 12.1. The Morgan fingerprint density at radius 1 is 1.12 bits per heavy atom. The molecule has 0 spiro atoms. The number of ether oxygens (including phenoxy) is 1. The number of carbonyl (C=O) groups excluding carboxylic acids is 2. The molecule has 1 atom stereocenters. The van der Waals surface area contributed by atoms with E-state index in [1.807, 2.05) is 0 Å². The molecule has 0 saturated heterocycles. The van der Waals surface area contributed by atoms with Gasteiger partial charge in [0, 0.05) is 0 Å². The molecule has 0 saturated carbocycles. The van der Waals surface area contributed by atoms with Crippen LogP contribution in [0.4, 0.5) is 0 Å². The zero-order valence-electron chi connectivity index (χ0n) is 12.4. The van der Waals surface area contributed by atoms with Gasteiger partial charge in [-0.1, -0.05) is 18.2 Å². The van der Waals surface area contributed by atoms with Crippen LogP contribution in [0.2, 0.25) is 0 Å². The van der Waals surface area contributed by atoms with Crippen molar-refractivity contribution in [2.45, 2.75) is 6.92 Å². The van der Waals surface area contributed by atoms with Gasteiger partial charge in [-0.25, -0.2) is 14.4 Å². The minimum Gasteiger partial charge on any atom is -0.478 e. The van der Waals surface area contributed by atoms with Crippen LogP contribution >= 0.6 is 0 Å². The second kappa shape index (κ2) is 6.78. The lowest BCUT2D eigenvalue weighted by Gasteiger charge is -2.16. The molecule has 1 aromatic rings. The summed E-state index contributed by atoms with van der Waals surface area (Å²) in [5.74, 6) is -6.42. The Bertz CT molecular complexity index is 806. The lowest BCUT2D eigenvalue weighted by molar-refractivity contribution is -0.140. The summed E-state index contributed by atoms with van der Waals surface area (Å²) < 4.78 is 9.41. The predicted molar refractivity (Wildman–Crippen MR) is 78.2 cm³/mol. The summed E-state index contributed by atoms with van der Waals surface area (Å²) in [4.78, 5) is 45.5. The average molecular weight is 332 g/mol. The van der Waals surface area contributed by atoms with E-state index >= 15 is 0 Å². The summed E-state index contributed by atoms with van der Waals surface area (Å²) in [7, 11) is 0. The Labute approximate surface area is 135 Å². The van der Waals surface area contributed by atoms with Gasteiger partial charge >= 0.3 is 23.9 Å². The van der Waals surface area contributed by atoms with Gasteiger partial charge in [0.05, 0.1) is 5.57 Å². The third-order valence-electron chi connectivity index (χ3n) is 3.19. The van der Waals surface area contributed by atoms with E-state index in [1.165, 1.54) is 24.3 Å². The number of furan rings is 1. The van der Waals surface area contributed by atoms with E-state index in [0.717, 1.165) is 12.1 Å². The maximum absolute atomic E-state index is 12.1. The third kappa shape index (κ3) is 3.49. The molecule has 8 nitrogen and oxygen atoms in total. The van der Waals surface area contributed by atoms with Gasteiger partial charge in [-0.05, 0) is 30.7 Å². The fourth-order valence-electron chi connectivity index (χ4n) is 2.01. The highest BCUT2D eigenvalue weighted by Crippen LogP contribution is 2.24. The topological polar surface area (TPSA) is 131 Å². The summed E-state index contributed by atoms with van der Waals surface area (Å²) in [5, 5.41) is 17.7. The van der Waals surface area contributed by atoms with Crippen LogP contribution in [0, 0.1) is 5.92 Å². The molecule has 2 rings (SSSR count). The molecule has 0 fully saturated rings. The molecule has 1 unspecified atom stereocenters. The lowest BCUT2D eigenvalue weighted by Crippen LogP contribution is -2.23. The van der Waals surface area contributed by atoms with Crippen LogP contribution < -0.4 is 0 Å². The molecule has 0 radical (unpaired) electrons. The van der Waals surface area contributed by atoms with Gasteiger partial charge in [0.25, 0.3) is 0 Å². The molecular formula is C16H12O8. The zero-order valence-corrected chi connectivity index (χ0v) is 12.4. The van der Waals surface area contributed by atoms with Crippen molar-refractivity contribution < 1.29 is 38.5 Å². The number of hydrogen-bond donors (Lipinski definition) is 2. The minimum absolute atomic E-state index is 0.00406. The molecule has 0 aromatic carbocycles. The van der Waals surface area contributed by atoms with E-state index in [4.69, 9.17) is 14.6 Å². The molecule has 24 heavy (non-hydrogen) atoms. The van der Waals surface area contributed by atoms with Crippen molar-refractivity contribution in [1.29, 1.82) is 0 Å². The Morgan fingerprint density at radius 3 is 2.33 bits per heavy atom. The fourth-order valence-corrected chi connectivity index (χ4v) is 2.01. The Morgan fingerprint density at radius 2 is 1.79 bits per heavy atom.